The molecule has 2 N–H and O–H groups in total. The van der Waals surface area contributed by atoms with Crippen LogP contribution in [0.3, 0.4) is 0 Å². The normalized spacial score (nSPS) is 22.6. The number of rotatable bonds is 4. The van der Waals surface area contributed by atoms with E-state index in [-0.39, 0.29) is 40.4 Å². The van der Waals surface area contributed by atoms with Crippen LogP contribution in [0.5, 0.6) is 5.75 Å². The van der Waals surface area contributed by atoms with Crippen LogP contribution in [0.15, 0.2) is 65.4 Å². The molecule has 0 fully saturated rings. The molecule has 2 aliphatic rings. The smallest absolute Gasteiger partial charge is 0.200 e. The number of hydrogen-bond donors (Lipinski definition) is 2. The molecule has 1 heterocycles. The van der Waals surface area contributed by atoms with Crippen LogP contribution in [0.2, 0.25) is 0 Å². The Morgan fingerprint density at radius 1 is 1.17 bits per heavy atom. The molecule has 1 aliphatic carbocycles. The minimum atomic E-state index is -0.940. The molecule has 4 nitrogen and oxygen atoms in total. The molecule has 29 heavy (non-hydrogen) atoms. The van der Waals surface area contributed by atoms with E-state index in [9.17, 15) is 19.4 Å². The second kappa shape index (κ2) is 7.39. The summed E-state index contributed by atoms with van der Waals surface area (Å²) in [6.45, 7) is 2.05. The first-order valence-corrected chi connectivity index (χ1v) is 9.92. The van der Waals surface area contributed by atoms with Crippen molar-refractivity contribution >= 4 is 11.5 Å². The molecule has 1 atom stereocenters. The Kier molecular flexibility index (Phi) is 4.91. The van der Waals surface area contributed by atoms with E-state index in [1.807, 2.05) is 6.07 Å². The van der Waals surface area contributed by atoms with Gasteiger partial charge in [-0.05, 0) is 49.9 Å². The van der Waals surface area contributed by atoms with E-state index < -0.39 is 11.4 Å². The van der Waals surface area contributed by atoms with E-state index in [1.54, 1.807) is 24.3 Å². The van der Waals surface area contributed by atoms with Crippen molar-refractivity contribution in [3.63, 3.8) is 0 Å². The van der Waals surface area contributed by atoms with E-state index >= 15 is 0 Å². The topological polar surface area (TPSA) is 66.8 Å². The number of carbonyl (C=O) groups is 1. The molecule has 0 unspecified atom stereocenters. The first-order valence-electron chi connectivity index (χ1n) is 9.92. The molecule has 0 bridgehead atoms. The Morgan fingerprint density at radius 3 is 2.66 bits per heavy atom. The molecular formula is C24H23FO4. The van der Waals surface area contributed by atoms with Crippen molar-refractivity contribution in [2.75, 3.05) is 0 Å². The number of benzene rings is 2. The van der Waals surface area contributed by atoms with Gasteiger partial charge in [0, 0.05) is 5.57 Å². The van der Waals surface area contributed by atoms with Crippen molar-refractivity contribution < 1.29 is 24.1 Å². The van der Waals surface area contributed by atoms with Gasteiger partial charge in [0.1, 0.15) is 28.7 Å². The number of Topliss-reactive ketones (excluding diaryl/α,β-unsaturated/α-hetero) is 1. The van der Waals surface area contributed by atoms with Gasteiger partial charge in [-0.25, -0.2) is 4.39 Å². The maximum Gasteiger partial charge on any atom is 0.200 e. The predicted molar refractivity (Wildman–Crippen MR) is 108 cm³/mol. The second-order valence-corrected chi connectivity index (χ2v) is 7.56. The van der Waals surface area contributed by atoms with Crippen LogP contribution < -0.4 is 4.74 Å². The molecule has 0 aromatic heterocycles. The van der Waals surface area contributed by atoms with Crippen LogP contribution in [-0.4, -0.2) is 21.6 Å². The number of para-hydroxylation sites is 1. The number of aliphatic hydroxyl groups is 2. The lowest BCUT2D eigenvalue weighted by Crippen LogP contribution is -2.47. The lowest BCUT2D eigenvalue weighted by atomic mass is 9.72. The summed E-state index contributed by atoms with van der Waals surface area (Å²) in [5.74, 6) is -1.03. The summed E-state index contributed by atoms with van der Waals surface area (Å²) in [5, 5.41) is 21.8. The van der Waals surface area contributed by atoms with Crippen molar-refractivity contribution in [2.45, 2.75) is 44.6 Å². The number of carbonyl (C=O) groups excluding carboxylic acids is 1. The van der Waals surface area contributed by atoms with Gasteiger partial charge in [0.15, 0.2) is 5.78 Å². The van der Waals surface area contributed by atoms with Gasteiger partial charge in [0.05, 0.1) is 16.7 Å². The van der Waals surface area contributed by atoms with Crippen LogP contribution in [0.4, 0.5) is 4.39 Å². The minimum Gasteiger partial charge on any atom is -0.507 e. The summed E-state index contributed by atoms with van der Waals surface area (Å²) >= 11 is 0. The van der Waals surface area contributed by atoms with Crippen LogP contribution >= 0.6 is 0 Å². The molecule has 150 valence electrons. The fourth-order valence-electron chi connectivity index (χ4n) is 4.25. The van der Waals surface area contributed by atoms with Gasteiger partial charge >= 0.3 is 0 Å². The van der Waals surface area contributed by atoms with Gasteiger partial charge in [-0.3, -0.25) is 4.79 Å². The standard InChI is InChI=1S/C24H23FO4/c1-2-3-13-24-14-12-17(21(26)15-8-4-6-10-18(15)25)23(28)20(24)22(27)16-9-5-7-11-19(16)29-24/h4-11,26,28H,2-3,12-14H2,1H3/b21-17+/t24-/m0/s1. The van der Waals surface area contributed by atoms with Crippen LogP contribution in [0.1, 0.15) is 54.9 Å². The Balaban J connectivity index is 1.91. The quantitative estimate of drug-likeness (QED) is 0.633. The molecular weight excluding hydrogens is 371 g/mol. The number of hydrogen-bond acceptors (Lipinski definition) is 4. The van der Waals surface area contributed by atoms with Gasteiger partial charge < -0.3 is 14.9 Å². The fourth-order valence-corrected chi connectivity index (χ4v) is 4.25. The second-order valence-electron chi connectivity index (χ2n) is 7.56. The molecule has 4 rings (SSSR count). The highest BCUT2D eigenvalue weighted by Gasteiger charge is 2.50. The third kappa shape index (κ3) is 3.11. The number of aliphatic hydroxyl groups excluding tert-OH is 2. The van der Waals surface area contributed by atoms with Gasteiger partial charge in [0.2, 0.25) is 0 Å². The van der Waals surface area contributed by atoms with Crippen LogP contribution in [-0.2, 0) is 0 Å². The van der Waals surface area contributed by atoms with Crippen molar-refractivity contribution in [3.05, 3.63) is 82.4 Å². The Hall–Kier alpha value is -3.08. The number of halogens is 1. The molecule has 0 saturated heterocycles. The minimum absolute atomic E-state index is 0.000264. The highest BCUT2D eigenvalue weighted by molar-refractivity contribution is 6.13. The molecule has 0 spiro atoms. The van der Waals surface area contributed by atoms with Gasteiger partial charge in [-0.15, -0.1) is 0 Å². The predicted octanol–water partition coefficient (Wildman–Crippen LogP) is 5.91. The fraction of sp³-hybridized carbons (Fsp3) is 0.292. The van der Waals surface area contributed by atoms with Crippen LogP contribution in [0.25, 0.3) is 5.76 Å². The summed E-state index contributed by atoms with van der Waals surface area (Å²) in [6.07, 6.45) is 3.01. The van der Waals surface area contributed by atoms with E-state index in [0.29, 0.717) is 24.2 Å². The summed E-state index contributed by atoms with van der Waals surface area (Å²) in [7, 11) is 0. The van der Waals surface area contributed by atoms with E-state index in [0.717, 1.165) is 12.8 Å². The third-order valence-electron chi connectivity index (χ3n) is 5.77. The maximum absolute atomic E-state index is 14.2. The summed E-state index contributed by atoms with van der Waals surface area (Å²) in [6, 6.07) is 12.8. The number of ether oxygens (including phenoxy) is 1. The maximum atomic E-state index is 14.2. The van der Waals surface area contributed by atoms with Gasteiger partial charge in [-0.1, -0.05) is 37.6 Å². The van der Waals surface area contributed by atoms with Crippen molar-refractivity contribution in [2.24, 2.45) is 0 Å². The molecule has 0 saturated carbocycles. The van der Waals surface area contributed by atoms with Gasteiger partial charge in [0.25, 0.3) is 0 Å². The molecule has 5 heteroatoms. The first kappa shape index (κ1) is 19.2. The number of fused-ring (bicyclic) bond motifs is 2. The van der Waals surface area contributed by atoms with Crippen molar-refractivity contribution in [3.8, 4) is 5.75 Å². The van der Waals surface area contributed by atoms with E-state index in [4.69, 9.17) is 4.74 Å². The average molecular weight is 394 g/mol. The Morgan fingerprint density at radius 2 is 1.90 bits per heavy atom. The zero-order chi connectivity index (χ0) is 20.6. The molecule has 0 amide bonds. The summed E-state index contributed by atoms with van der Waals surface area (Å²) < 4.78 is 20.5. The SMILES string of the molecule is CCCC[C@]12CC/C(=C(\O)c3ccccc3F)C(O)=C1C(=O)c1ccccc1O2. The largest absolute Gasteiger partial charge is 0.507 e. The molecule has 2 aromatic carbocycles. The molecule has 2 aromatic rings. The highest BCUT2D eigenvalue weighted by Crippen LogP contribution is 2.49. The number of unbranched alkanes of at least 4 members (excludes halogenated alkanes) is 1. The Labute approximate surface area is 169 Å². The Bertz CT molecular complexity index is 1040. The molecule has 1 aliphatic heterocycles. The number of allylic oxidation sites excluding steroid dienone is 1. The van der Waals surface area contributed by atoms with Crippen LogP contribution in [0, 0.1) is 5.82 Å². The number of ketones is 1. The molecule has 0 radical (unpaired) electrons. The summed E-state index contributed by atoms with van der Waals surface area (Å²) in [5.41, 5.74) is -0.222. The zero-order valence-electron chi connectivity index (χ0n) is 16.2. The highest BCUT2D eigenvalue weighted by atomic mass is 19.1. The van der Waals surface area contributed by atoms with E-state index in [1.165, 1.54) is 18.2 Å². The lowest BCUT2D eigenvalue weighted by Gasteiger charge is -2.43. The monoisotopic (exact) mass is 394 g/mol. The zero-order valence-corrected chi connectivity index (χ0v) is 16.2. The third-order valence-corrected chi connectivity index (χ3v) is 5.77. The van der Waals surface area contributed by atoms with Crippen molar-refractivity contribution in [1.29, 1.82) is 0 Å². The van der Waals surface area contributed by atoms with E-state index in [2.05, 4.69) is 6.92 Å². The summed E-state index contributed by atoms with van der Waals surface area (Å²) in [4.78, 5) is 13.3. The van der Waals surface area contributed by atoms with Gasteiger partial charge in [-0.2, -0.15) is 0 Å². The lowest BCUT2D eigenvalue weighted by molar-refractivity contribution is 0.0536. The average Bonchev–Trinajstić information content (AvgIpc) is 2.72. The van der Waals surface area contributed by atoms with Crippen molar-refractivity contribution in [1.82, 2.24) is 0 Å². The first-order chi connectivity index (χ1) is 14.0.